The lowest BCUT2D eigenvalue weighted by Crippen LogP contribution is -2.33. The first-order chi connectivity index (χ1) is 20.5. The average molecular weight is 616 g/mol. The number of nitrogens with one attached hydrogen (secondary N) is 1. The van der Waals surface area contributed by atoms with E-state index in [-0.39, 0.29) is 48.3 Å². The summed E-state index contributed by atoms with van der Waals surface area (Å²) < 4.78 is 74.4. The Labute approximate surface area is 248 Å². The number of nitriles is 1. The summed E-state index contributed by atoms with van der Waals surface area (Å²) in [6.07, 6.45) is -3.94. The summed E-state index contributed by atoms with van der Waals surface area (Å²) in [5.74, 6) is 0.0500. The van der Waals surface area contributed by atoms with Crippen LogP contribution in [0.15, 0.2) is 77.7 Å². The lowest BCUT2D eigenvalue weighted by molar-refractivity contribution is -0.137. The first-order valence-corrected chi connectivity index (χ1v) is 15.4. The Kier molecular flexibility index (Phi) is 10.3. The Hall–Kier alpha value is -4.08. The van der Waals surface area contributed by atoms with Gasteiger partial charge >= 0.3 is 6.18 Å². The van der Waals surface area contributed by atoms with Crippen LogP contribution >= 0.6 is 0 Å². The number of nitrogens with zero attached hydrogens (tertiary/aromatic N) is 2. The van der Waals surface area contributed by atoms with Crippen LogP contribution in [0.4, 0.5) is 18.9 Å². The fourth-order valence-corrected chi connectivity index (χ4v) is 5.64. The second kappa shape index (κ2) is 13.9. The van der Waals surface area contributed by atoms with Crippen molar-refractivity contribution in [2.24, 2.45) is 0 Å². The van der Waals surface area contributed by atoms with Crippen LogP contribution in [-0.4, -0.2) is 52.0 Å². The van der Waals surface area contributed by atoms with Crippen molar-refractivity contribution in [2.75, 3.05) is 30.4 Å². The van der Waals surface area contributed by atoms with E-state index < -0.39 is 21.6 Å². The quantitative estimate of drug-likeness (QED) is 0.273. The van der Waals surface area contributed by atoms with Crippen molar-refractivity contribution in [2.45, 2.75) is 49.5 Å². The minimum absolute atomic E-state index is 0.0122. The number of ether oxygens (including phenoxy) is 2. The van der Waals surface area contributed by atoms with Gasteiger partial charge in [0, 0.05) is 24.2 Å². The van der Waals surface area contributed by atoms with Gasteiger partial charge in [0.1, 0.15) is 11.9 Å². The van der Waals surface area contributed by atoms with Gasteiger partial charge in [-0.1, -0.05) is 19.1 Å². The molecule has 1 amide bonds. The van der Waals surface area contributed by atoms with E-state index in [0.29, 0.717) is 30.9 Å². The second-order valence-electron chi connectivity index (χ2n) is 10.1. The van der Waals surface area contributed by atoms with Gasteiger partial charge in [-0.2, -0.15) is 18.4 Å². The van der Waals surface area contributed by atoms with Crippen LogP contribution in [0.3, 0.4) is 0 Å². The third-order valence-electron chi connectivity index (χ3n) is 7.11. The number of amides is 1. The van der Waals surface area contributed by atoms with Crippen LogP contribution in [0, 0.1) is 11.3 Å². The standard InChI is InChI=1S/C31H32F3N3O5S/c1-2-43(39,40)29-14-4-22(5-15-29)19-36-30(38)23-6-10-25(11-7-23)37-20-28(18-26(37)21-41-17-3-16-35)42-27-12-8-24(9-13-27)31(32,33)34/h4-15,26,28H,2-3,17-21H2,1H3,(H,36,38)/t26-,28+/m0/s1. The molecule has 1 aliphatic rings. The predicted molar refractivity (Wildman–Crippen MR) is 154 cm³/mol. The van der Waals surface area contributed by atoms with Crippen molar-refractivity contribution in [3.63, 3.8) is 0 Å². The largest absolute Gasteiger partial charge is 0.489 e. The molecule has 0 radical (unpaired) electrons. The highest BCUT2D eigenvalue weighted by Crippen LogP contribution is 2.32. The molecule has 43 heavy (non-hydrogen) atoms. The Bertz CT molecular complexity index is 1520. The van der Waals surface area contributed by atoms with Crippen LogP contribution in [0.1, 0.15) is 41.3 Å². The van der Waals surface area contributed by atoms with Gasteiger partial charge in [0.05, 0.1) is 54.5 Å². The van der Waals surface area contributed by atoms with E-state index in [9.17, 15) is 26.4 Å². The van der Waals surface area contributed by atoms with Crippen LogP contribution in [0.5, 0.6) is 5.75 Å². The van der Waals surface area contributed by atoms with E-state index in [4.69, 9.17) is 14.7 Å². The third kappa shape index (κ3) is 8.49. The minimum atomic E-state index is -4.43. The van der Waals surface area contributed by atoms with Gasteiger partial charge in [0.25, 0.3) is 5.91 Å². The Morgan fingerprint density at radius 2 is 1.72 bits per heavy atom. The van der Waals surface area contributed by atoms with Gasteiger partial charge in [-0.3, -0.25) is 4.79 Å². The SMILES string of the molecule is CCS(=O)(=O)c1ccc(CNC(=O)c2ccc(N3C[C@H](Oc4ccc(C(F)(F)F)cc4)C[C@H]3COCCC#N)cc2)cc1. The van der Waals surface area contributed by atoms with Gasteiger partial charge in [-0.15, -0.1) is 0 Å². The Morgan fingerprint density at radius 1 is 1.05 bits per heavy atom. The fraction of sp³-hybridized carbons (Fsp3) is 0.355. The molecule has 0 bridgehead atoms. The molecular weight excluding hydrogens is 583 g/mol. The molecule has 3 aromatic rings. The normalized spacial score (nSPS) is 17.0. The molecule has 2 atom stereocenters. The second-order valence-corrected chi connectivity index (χ2v) is 12.3. The molecule has 1 heterocycles. The topological polar surface area (TPSA) is 109 Å². The first-order valence-electron chi connectivity index (χ1n) is 13.8. The fourth-order valence-electron chi connectivity index (χ4n) is 4.76. The summed E-state index contributed by atoms with van der Waals surface area (Å²) >= 11 is 0. The summed E-state index contributed by atoms with van der Waals surface area (Å²) in [5.41, 5.74) is 1.26. The zero-order chi connectivity index (χ0) is 31.0. The molecule has 0 unspecified atom stereocenters. The zero-order valence-electron chi connectivity index (χ0n) is 23.5. The van der Waals surface area contributed by atoms with Crippen LogP contribution in [0.2, 0.25) is 0 Å². The lowest BCUT2D eigenvalue weighted by atomic mass is 10.1. The number of alkyl halides is 3. The van der Waals surface area contributed by atoms with Crippen molar-refractivity contribution in [1.82, 2.24) is 5.32 Å². The first kappa shape index (κ1) is 31.8. The van der Waals surface area contributed by atoms with E-state index >= 15 is 0 Å². The molecule has 0 aliphatic carbocycles. The molecule has 1 saturated heterocycles. The van der Waals surface area contributed by atoms with E-state index in [2.05, 4.69) is 10.2 Å². The van der Waals surface area contributed by atoms with Crippen molar-refractivity contribution < 1.29 is 35.9 Å². The zero-order valence-corrected chi connectivity index (χ0v) is 24.3. The number of hydrogen-bond acceptors (Lipinski definition) is 7. The van der Waals surface area contributed by atoms with Crippen molar-refractivity contribution in [3.05, 3.63) is 89.5 Å². The van der Waals surface area contributed by atoms with E-state index in [1.807, 2.05) is 18.2 Å². The van der Waals surface area contributed by atoms with E-state index in [0.717, 1.165) is 23.4 Å². The van der Waals surface area contributed by atoms with Gasteiger partial charge in [0.2, 0.25) is 0 Å². The van der Waals surface area contributed by atoms with Crippen LogP contribution < -0.4 is 15.0 Å². The van der Waals surface area contributed by atoms with Crippen molar-refractivity contribution in [3.8, 4) is 11.8 Å². The molecule has 0 saturated carbocycles. The van der Waals surface area contributed by atoms with Crippen LogP contribution in [-0.2, 0) is 27.3 Å². The number of benzene rings is 3. The summed E-state index contributed by atoms with van der Waals surface area (Å²) in [4.78, 5) is 15.1. The Morgan fingerprint density at radius 3 is 2.33 bits per heavy atom. The number of anilines is 1. The van der Waals surface area contributed by atoms with Gasteiger partial charge in [0.15, 0.2) is 9.84 Å². The molecule has 0 spiro atoms. The van der Waals surface area contributed by atoms with E-state index in [1.54, 1.807) is 31.2 Å². The Balaban J connectivity index is 1.39. The molecule has 3 aromatic carbocycles. The molecule has 4 rings (SSSR count). The lowest BCUT2D eigenvalue weighted by Gasteiger charge is -2.26. The number of sulfone groups is 1. The molecular formula is C31H32F3N3O5S. The highest BCUT2D eigenvalue weighted by atomic mass is 32.2. The van der Waals surface area contributed by atoms with Crippen molar-refractivity contribution in [1.29, 1.82) is 5.26 Å². The van der Waals surface area contributed by atoms with Gasteiger partial charge in [-0.05, 0) is 66.2 Å². The summed E-state index contributed by atoms with van der Waals surface area (Å²) in [6.45, 7) is 2.86. The maximum atomic E-state index is 12.9. The number of hydrogen-bond donors (Lipinski definition) is 1. The summed E-state index contributed by atoms with van der Waals surface area (Å²) in [6, 6.07) is 19.9. The maximum absolute atomic E-state index is 12.9. The highest BCUT2D eigenvalue weighted by molar-refractivity contribution is 7.91. The molecule has 228 valence electrons. The molecule has 1 fully saturated rings. The maximum Gasteiger partial charge on any atom is 0.416 e. The molecule has 0 aromatic heterocycles. The molecule has 8 nitrogen and oxygen atoms in total. The van der Waals surface area contributed by atoms with Crippen LogP contribution in [0.25, 0.3) is 0 Å². The molecule has 1 N–H and O–H groups in total. The third-order valence-corrected chi connectivity index (χ3v) is 8.86. The van der Waals surface area contributed by atoms with Gasteiger partial charge in [-0.25, -0.2) is 8.42 Å². The smallest absolute Gasteiger partial charge is 0.416 e. The van der Waals surface area contributed by atoms with Crippen molar-refractivity contribution >= 4 is 21.4 Å². The molecule has 12 heteroatoms. The monoisotopic (exact) mass is 615 g/mol. The summed E-state index contributed by atoms with van der Waals surface area (Å²) in [5, 5.41) is 11.6. The van der Waals surface area contributed by atoms with E-state index in [1.165, 1.54) is 24.3 Å². The number of carbonyl (C=O) groups excluding carboxylic acids is 1. The average Bonchev–Trinajstić information content (AvgIpc) is 3.40. The highest BCUT2D eigenvalue weighted by Gasteiger charge is 2.34. The number of halogens is 3. The predicted octanol–water partition coefficient (Wildman–Crippen LogP) is 5.39. The minimum Gasteiger partial charge on any atom is -0.489 e. The number of rotatable bonds is 12. The summed E-state index contributed by atoms with van der Waals surface area (Å²) in [7, 11) is -3.30. The van der Waals surface area contributed by atoms with Gasteiger partial charge < -0.3 is 19.7 Å². The number of carbonyl (C=O) groups is 1. The molecule has 1 aliphatic heterocycles.